The van der Waals surface area contributed by atoms with E-state index in [-0.39, 0.29) is 37.8 Å². The lowest BCUT2D eigenvalue weighted by Gasteiger charge is -2.34. The van der Waals surface area contributed by atoms with Gasteiger partial charge in [-0.05, 0) is 0 Å². The van der Waals surface area contributed by atoms with Crippen LogP contribution in [0.15, 0.2) is 30.6 Å². The topological polar surface area (TPSA) is 126 Å². The molecule has 2 heterocycles. The number of amidine groups is 1. The number of carbonyl (C=O) groups is 2. The lowest BCUT2D eigenvalue weighted by Crippen LogP contribution is -2.48. The van der Waals surface area contributed by atoms with Gasteiger partial charge in [-0.2, -0.15) is 0 Å². The van der Waals surface area contributed by atoms with Crippen LogP contribution in [0.4, 0.5) is 10.3 Å². The van der Waals surface area contributed by atoms with Gasteiger partial charge in [-0.3, -0.25) is 15.0 Å². The second-order valence-electron chi connectivity index (χ2n) is 6.91. The molecule has 0 spiro atoms. The Kier molecular flexibility index (Phi) is 8.00. The third kappa shape index (κ3) is 5.97. The number of anilines is 1. The number of carbonyl (C=O) groups excluding carboxylic acids is 2. The van der Waals surface area contributed by atoms with Gasteiger partial charge in [0, 0.05) is 62.2 Å². The van der Waals surface area contributed by atoms with Gasteiger partial charge < -0.3 is 20.3 Å². The molecule has 1 aliphatic heterocycles. The van der Waals surface area contributed by atoms with E-state index in [0.29, 0.717) is 43.3 Å². The van der Waals surface area contributed by atoms with Crippen LogP contribution in [0, 0.1) is 11.2 Å². The van der Waals surface area contributed by atoms with Crippen LogP contribution >= 0.6 is 0 Å². The van der Waals surface area contributed by atoms with Gasteiger partial charge in [0.05, 0.1) is 0 Å². The minimum atomic E-state index is -0.690. The van der Waals surface area contributed by atoms with E-state index in [1.807, 2.05) is 4.90 Å². The molecule has 31 heavy (non-hydrogen) atoms. The normalized spacial score (nSPS) is 13.4. The maximum atomic E-state index is 14.9. The van der Waals surface area contributed by atoms with Crippen LogP contribution in [-0.4, -0.2) is 58.8 Å². The van der Waals surface area contributed by atoms with Crippen molar-refractivity contribution in [1.82, 2.24) is 14.9 Å². The molecule has 0 radical (unpaired) electrons. The first-order chi connectivity index (χ1) is 14.3. The first-order valence-corrected chi connectivity index (χ1v) is 9.44. The summed E-state index contributed by atoms with van der Waals surface area (Å²) >= 11 is 0. The van der Waals surface area contributed by atoms with Crippen LogP contribution in [0.2, 0.25) is 0 Å². The molecule has 0 unspecified atom stereocenters. The van der Waals surface area contributed by atoms with Gasteiger partial charge in [0.2, 0.25) is 11.9 Å². The molecule has 3 N–H and O–H groups in total. The highest BCUT2D eigenvalue weighted by Gasteiger charge is 2.20. The maximum Gasteiger partial charge on any atom is 0.313 e. The van der Waals surface area contributed by atoms with Crippen LogP contribution < -0.4 is 10.6 Å². The van der Waals surface area contributed by atoms with Gasteiger partial charge in [-0.1, -0.05) is 25.6 Å². The summed E-state index contributed by atoms with van der Waals surface area (Å²) in [5, 5.41) is 7.08. The fourth-order valence-corrected chi connectivity index (χ4v) is 3.12. The molecule has 1 aromatic heterocycles. The number of aromatic nitrogens is 2. The fourth-order valence-electron chi connectivity index (χ4n) is 3.12. The van der Waals surface area contributed by atoms with E-state index in [1.165, 1.54) is 6.07 Å². The fraction of sp³-hybridized carbons (Fsp3) is 0.381. The summed E-state index contributed by atoms with van der Waals surface area (Å²) in [6, 6.07) is 4.77. The van der Waals surface area contributed by atoms with Crippen LogP contribution in [-0.2, 0) is 20.9 Å². The van der Waals surface area contributed by atoms with Crippen molar-refractivity contribution in [2.75, 3.05) is 31.1 Å². The number of esters is 1. The summed E-state index contributed by atoms with van der Waals surface area (Å²) in [5.41, 5.74) is 6.15. The third-order valence-corrected chi connectivity index (χ3v) is 4.76. The smallest absolute Gasteiger partial charge is 0.313 e. The molecule has 1 fully saturated rings. The van der Waals surface area contributed by atoms with E-state index in [4.69, 9.17) is 15.9 Å². The quantitative estimate of drug-likeness (QED) is 0.408. The number of benzene rings is 1. The Balaban J connectivity index is 0.00000341. The predicted molar refractivity (Wildman–Crippen MR) is 115 cm³/mol. The summed E-state index contributed by atoms with van der Waals surface area (Å²) in [7, 11) is 0. The molecule has 166 valence electrons. The molecule has 1 saturated heterocycles. The van der Waals surface area contributed by atoms with E-state index < -0.39 is 11.8 Å². The average molecular weight is 430 g/mol. The Morgan fingerprint density at radius 1 is 1.19 bits per heavy atom. The number of amides is 1. The number of nitrogens with one attached hydrogen (secondary N) is 1. The van der Waals surface area contributed by atoms with E-state index in [0.717, 1.165) is 0 Å². The molecular weight excluding hydrogens is 403 g/mol. The number of hydrogen-bond acceptors (Lipinski definition) is 7. The monoisotopic (exact) mass is 430 g/mol. The highest BCUT2D eigenvalue weighted by atomic mass is 19.1. The Hall–Kier alpha value is -3.56. The van der Waals surface area contributed by atoms with E-state index in [9.17, 15) is 14.0 Å². The summed E-state index contributed by atoms with van der Waals surface area (Å²) in [6.07, 6.45) is 2.75. The minimum absolute atomic E-state index is 0. The van der Waals surface area contributed by atoms with Gasteiger partial charge in [0.15, 0.2) is 0 Å². The Morgan fingerprint density at radius 3 is 2.42 bits per heavy atom. The maximum absolute atomic E-state index is 14.9. The van der Waals surface area contributed by atoms with Crippen LogP contribution in [0.25, 0.3) is 11.1 Å². The largest absolute Gasteiger partial charge is 0.460 e. The molecular formula is C21H27FN6O3. The predicted octanol–water partition coefficient (Wildman–Crippen LogP) is 1.96. The number of nitrogens with two attached hydrogens (primary N) is 1. The third-order valence-electron chi connectivity index (χ3n) is 4.76. The van der Waals surface area contributed by atoms with Crippen LogP contribution in [0.5, 0.6) is 0 Å². The van der Waals surface area contributed by atoms with Crippen molar-refractivity contribution in [3.05, 3.63) is 42.0 Å². The van der Waals surface area contributed by atoms with Crippen molar-refractivity contribution >= 4 is 23.7 Å². The molecule has 9 nitrogen and oxygen atoms in total. The SMILES string of the molecule is C.CC(=O)N1CCN(c2ncc(-c3cccc(COC(=O)CC(=N)N)c3F)cn2)CC1. The molecule has 2 aromatic rings. The zero-order valence-corrected chi connectivity index (χ0v) is 16.6. The number of rotatable bonds is 6. The molecule has 10 heteroatoms. The Labute approximate surface area is 180 Å². The highest BCUT2D eigenvalue weighted by Crippen LogP contribution is 2.25. The standard InChI is InChI=1S/C20H23FN6O3.CH4/c1-13(28)26-5-7-27(8-6-26)20-24-10-15(11-25-20)16-4-2-3-14(19(16)21)12-30-18(29)9-17(22)23;/h2-4,10-11H,5-9,12H2,1H3,(H3,22,23);1H4. The first-order valence-electron chi connectivity index (χ1n) is 9.44. The van der Waals surface area contributed by atoms with Crippen molar-refractivity contribution in [3.8, 4) is 11.1 Å². The van der Waals surface area contributed by atoms with E-state index in [1.54, 1.807) is 36.4 Å². The number of ether oxygens (including phenoxy) is 1. The van der Waals surface area contributed by atoms with Gasteiger partial charge in [-0.15, -0.1) is 0 Å². The Morgan fingerprint density at radius 2 is 1.84 bits per heavy atom. The summed E-state index contributed by atoms with van der Waals surface area (Å²) in [4.78, 5) is 35.4. The zero-order valence-electron chi connectivity index (χ0n) is 16.6. The number of nitrogens with zero attached hydrogens (tertiary/aromatic N) is 4. The van der Waals surface area contributed by atoms with Crippen molar-refractivity contribution in [2.45, 2.75) is 27.4 Å². The van der Waals surface area contributed by atoms with E-state index >= 15 is 0 Å². The van der Waals surface area contributed by atoms with Gasteiger partial charge in [-0.25, -0.2) is 14.4 Å². The van der Waals surface area contributed by atoms with Crippen molar-refractivity contribution < 1.29 is 18.7 Å². The molecule has 0 saturated carbocycles. The van der Waals surface area contributed by atoms with Gasteiger partial charge >= 0.3 is 5.97 Å². The molecule has 0 bridgehead atoms. The summed E-state index contributed by atoms with van der Waals surface area (Å²) in [6.45, 7) is 3.78. The number of piperazine rings is 1. The van der Waals surface area contributed by atoms with Crippen molar-refractivity contribution in [2.24, 2.45) is 5.73 Å². The average Bonchev–Trinajstić information content (AvgIpc) is 2.73. The van der Waals surface area contributed by atoms with E-state index in [2.05, 4.69) is 9.97 Å². The number of hydrogen-bond donors (Lipinski definition) is 2. The highest BCUT2D eigenvalue weighted by molar-refractivity contribution is 5.94. The first kappa shape index (κ1) is 23.7. The molecule has 1 aromatic carbocycles. The van der Waals surface area contributed by atoms with Gasteiger partial charge in [0.1, 0.15) is 24.7 Å². The van der Waals surface area contributed by atoms with Crippen molar-refractivity contribution in [1.29, 1.82) is 5.41 Å². The molecule has 0 atom stereocenters. The molecule has 0 aliphatic carbocycles. The molecule has 1 aliphatic rings. The molecule has 1 amide bonds. The lowest BCUT2D eigenvalue weighted by molar-refractivity contribution is -0.143. The van der Waals surface area contributed by atoms with Crippen LogP contribution in [0.1, 0.15) is 26.3 Å². The second-order valence-corrected chi connectivity index (χ2v) is 6.91. The molecule has 3 rings (SSSR count). The van der Waals surface area contributed by atoms with Crippen molar-refractivity contribution in [3.63, 3.8) is 0 Å². The van der Waals surface area contributed by atoms with Crippen LogP contribution in [0.3, 0.4) is 0 Å². The second kappa shape index (κ2) is 10.5. The van der Waals surface area contributed by atoms with Gasteiger partial charge in [0.25, 0.3) is 0 Å². The summed E-state index contributed by atoms with van der Waals surface area (Å²) < 4.78 is 19.9. The number of halogens is 1. The summed E-state index contributed by atoms with van der Waals surface area (Å²) in [5.74, 6) is -0.955. The zero-order chi connectivity index (χ0) is 21.7. The minimum Gasteiger partial charge on any atom is -0.460 e. The lowest BCUT2D eigenvalue weighted by atomic mass is 10.1. The Bertz CT molecular complexity index is 943.